The van der Waals surface area contributed by atoms with Gasteiger partial charge in [-0.2, -0.15) is 0 Å². The monoisotopic (exact) mass is 344 g/mol. The molecule has 0 unspecified atom stereocenters. The first kappa shape index (κ1) is 16.1. The molecular weight excluding hydrogens is 324 g/mol. The average molecular weight is 344 g/mol. The SMILES string of the molecule is COc1ccc(C2=CN(c3ccc(OC)cc3)c3ccccc3N2)cc1. The summed E-state index contributed by atoms with van der Waals surface area (Å²) in [7, 11) is 3.35. The van der Waals surface area contributed by atoms with E-state index in [0.717, 1.165) is 39.8 Å². The third kappa shape index (κ3) is 2.97. The van der Waals surface area contributed by atoms with Gasteiger partial charge in [-0.15, -0.1) is 0 Å². The van der Waals surface area contributed by atoms with Crippen molar-refractivity contribution in [1.82, 2.24) is 0 Å². The van der Waals surface area contributed by atoms with E-state index in [1.807, 2.05) is 36.4 Å². The summed E-state index contributed by atoms with van der Waals surface area (Å²) in [4.78, 5) is 2.19. The van der Waals surface area contributed by atoms with Crippen molar-refractivity contribution in [2.45, 2.75) is 0 Å². The van der Waals surface area contributed by atoms with E-state index in [0.29, 0.717) is 0 Å². The molecule has 1 aliphatic heterocycles. The lowest BCUT2D eigenvalue weighted by Crippen LogP contribution is -2.18. The summed E-state index contributed by atoms with van der Waals surface area (Å²) in [6.45, 7) is 0. The van der Waals surface area contributed by atoms with Crippen LogP contribution in [-0.2, 0) is 0 Å². The number of rotatable bonds is 4. The fourth-order valence-corrected chi connectivity index (χ4v) is 3.04. The van der Waals surface area contributed by atoms with Gasteiger partial charge in [-0.3, -0.25) is 0 Å². The zero-order valence-electron chi connectivity index (χ0n) is 14.8. The van der Waals surface area contributed by atoms with Crippen LogP contribution in [0.1, 0.15) is 5.56 Å². The summed E-state index contributed by atoms with van der Waals surface area (Å²) in [5, 5.41) is 3.53. The highest BCUT2D eigenvalue weighted by Gasteiger charge is 2.19. The van der Waals surface area contributed by atoms with Crippen molar-refractivity contribution in [3.8, 4) is 11.5 Å². The van der Waals surface area contributed by atoms with Gasteiger partial charge in [0.1, 0.15) is 11.5 Å². The van der Waals surface area contributed by atoms with E-state index in [-0.39, 0.29) is 0 Å². The number of para-hydroxylation sites is 2. The zero-order chi connectivity index (χ0) is 17.9. The Morgan fingerprint density at radius 1 is 0.731 bits per heavy atom. The van der Waals surface area contributed by atoms with Crippen molar-refractivity contribution < 1.29 is 9.47 Å². The number of methoxy groups -OCH3 is 2. The minimum atomic E-state index is 0.844. The van der Waals surface area contributed by atoms with Crippen LogP contribution in [0, 0.1) is 0 Å². The third-order valence-electron chi connectivity index (χ3n) is 4.44. The van der Waals surface area contributed by atoms with Crippen LogP contribution in [0.25, 0.3) is 5.70 Å². The first-order valence-corrected chi connectivity index (χ1v) is 8.44. The molecule has 3 aromatic carbocycles. The summed E-state index contributed by atoms with van der Waals surface area (Å²) in [5.74, 6) is 1.69. The topological polar surface area (TPSA) is 33.7 Å². The lowest BCUT2D eigenvalue weighted by Gasteiger charge is -2.30. The van der Waals surface area contributed by atoms with Crippen LogP contribution < -0.4 is 19.7 Å². The van der Waals surface area contributed by atoms with Crippen molar-refractivity contribution >= 4 is 22.8 Å². The minimum absolute atomic E-state index is 0.844. The van der Waals surface area contributed by atoms with Crippen LogP contribution in [-0.4, -0.2) is 14.2 Å². The van der Waals surface area contributed by atoms with Gasteiger partial charge in [0.2, 0.25) is 0 Å². The fourth-order valence-electron chi connectivity index (χ4n) is 3.04. The maximum atomic E-state index is 5.28. The molecule has 0 amide bonds. The molecule has 4 rings (SSSR count). The van der Waals surface area contributed by atoms with Crippen molar-refractivity contribution in [1.29, 1.82) is 0 Å². The molecule has 1 N–H and O–H groups in total. The Kier molecular flexibility index (Phi) is 4.23. The van der Waals surface area contributed by atoms with Crippen LogP contribution in [0.3, 0.4) is 0 Å². The number of nitrogens with zero attached hydrogens (tertiary/aromatic N) is 1. The predicted molar refractivity (Wildman–Crippen MR) is 106 cm³/mol. The second kappa shape index (κ2) is 6.84. The quantitative estimate of drug-likeness (QED) is 0.699. The molecule has 0 saturated heterocycles. The predicted octanol–water partition coefficient (Wildman–Crippen LogP) is 5.27. The Balaban J connectivity index is 1.77. The molecule has 0 bridgehead atoms. The van der Waals surface area contributed by atoms with E-state index in [1.165, 1.54) is 0 Å². The molecule has 0 atom stereocenters. The van der Waals surface area contributed by atoms with Gasteiger partial charge < -0.3 is 19.7 Å². The minimum Gasteiger partial charge on any atom is -0.497 e. The lowest BCUT2D eigenvalue weighted by molar-refractivity contribution is 0.414. The average Bonchev–Trinajstić information content (AvgIpc) is 2.73. The van der Waals surface area contributed by atoms with Crippen LogP contribution >= 0.6 is 0 Å². The highest BCUT2D eigenvalue weighted by atomic mass is 16.5. The standard InChI is InChI=1S/C22H20N2O2/c1-25-18-11-7-16(8-12-18)21-15-24(17-9-13-19(26-2)14-10-17)22-6-4-3-5-20(22)23-21/h3-15,23H,1-2H3. The van der Waals surface area contributed by atoms with Gasteiger partial charge in [-0.25, -0.2) is 0 Å². The van der Waals surface area contributed by atoms with Crippen molar-refractivity contribution in [2.75, 3.05) is 24.4 Å². The Labute approximate surface area is 153 Å². The number of hydrogen-bond acceptors (Lipinski definition) is 4. The number of benzene rings is 3. The highest BCUT2D eigenvalue weighted by Crippen LogP contribution is 2.39. The normalized spacial score (nSPS) is 12.7. The highest BCUT2D eigenvalue weighted by molar-refractivity contribution is 5.92. The second-order valence-corrected chi connectivity index (χ2v) is 5.98. The van der Waals surface area contributed by atoms with E-state index in [4.69, 9.17) is 9.47 Å². The largest absolute Gasteiger partial charge is 0.497 e. The number of ether oxygens (including phenoxy) is 2. The molecule has 0 spiro atoms. The number of nitrogens with one attached hydrogen (secondary N) is 1. The maximum Gasteiger partial charge on any atom is 0.119 e. The Hall–Kier alpha value is -3.40. The first-order valence-electron chi connectivity index (χ1n) is 8.44. The number of fused-ring (bicyclic) bond motifs is 1. The van der Waals surface area contributed by atoms with Gasteiger partial charge in [-0.05, 0) is 66.2 Å². The third-order valence-corrected chi connectivity index (χ3v) is 4.44. The van der Waals surface area contributed by atoms with Gasteiger partial charge in [0.05, 0.1) is 31.3 Å². The van der Waals surface area contributed by atoms with E-state index >= 15 is 0 Å². The summed E-state index contributed by atoms with van der Waals surface area (Å²) in [6, 6.07) is 24.4. The van der Waals surface area contributed by atoms with Gasteiger partial charge in [0, 0.05) is 11.9 Å². The summed E-state index contributed by atoms with van der Waals surface area (Å²) < 4.78 is 10.5. The molecule has 0 radical (unpaired) electrons. The molecule has 3 aromatic rings. The smallest absolute Gasteiger partial charge is 0.119 e. The fraction of sp³-hybridized carbons (Fsp3) is 0.0909. The first-order chi connectivity index (χ1) is 12.8. The van der Waals surface area contributed by atoms with Crippen LogP contribution in [0.2, 0.25) is 0 Å². The Morgan fingerprint density at radius 2 is 1.35 bits per heavy atom. The van der Waals surface area contributed by atoms with Gasteiger partial charge in [0.25, 0.3) is 0 Å². The molecule has 0 aliphatic carbocycles. The zero-order valence-corrected chi connectivity index (χ0v) is 14.8. The molecule has 4 nitrogen and oxygen atoms in total. The molecule has 1 heterocycles. The molecule has 4 heteroatoms. The van der Waals surface area contributed by atoms with Crippen LogP contribution in [0.5, 0.6) is 11.5 Å². The van der Waals surface area contributed by atoms with E-state index in [1.54, 1.807) is 14.2 Å². The molecule has 130 valence electrons. The number of hydrogen-bond donors (Lipinski definition) is 1. The Bertz CT molecular complexity index is 931. The van der Waals surface area contributed by atoms with Crippen molar-refractivity contribution in [3.05, 3.63) is 84.6 Å². The second-order valence-electron chi connectivity index (χ2n) is 5.98. The molecule has 0 aromatic heterocycles. The lowest BCUT2D eigenvalue weighted by atomic mass is 10.1. The molecular formula is C22H20N2O2. The summed E-state index contributed by atoms with van der Waals surface area (Å²) >= 11 is 0. The van der Waals surface area contributed by atoms with Gasteiger partial charge >= 0.3 is 0 Å². The molecule has 26 heavy (non-hydrogen) atoms. The van der Waals surface area contributed by atoms with Gasteiger partial charge in [0.15, 0.2) is 0 Å². The molecule has 0 fully saturated rings. The maximum absolute atomic E-state index is 5.28. The molecule has 0 saturated carbocycles. The van der Waals surface area contributed by atoms with Crippen molar-refractivity contribution in [3.63, 3.8) is 0 Å². The van der Waals surface area contributed by atoms with E-state index in [2.05, 4.69) is 52.8 Å². The van der Waals surface area contributed by atoms with Gasteiger partial charge in [-0.1, -0.05) is 12.1 Å². The van der Waals surface area contributed by atoms with E-state index < -0.39 is 0 Å². The van der Waals surface area contributed by atoms with Crippen LogP contribution in [0.15, 0.2) is 79.0 Å². The number of anilines is 3. The Morgan fingerprint density at radius 3 is 2.00 bits per heavy atom. The van der Waals surface area contributed by atoms with Crippen LogP contribution in [0.4, 0.5) is 17.1 Å². The van der Waals surface area contributed by atoms with E-state index in [9.17, 15) is 0 Å². The summed E-state index contributed by atoms with van der Waals surface area (Å²) in [6.07, 6.45) is 2.12. The summed E-state index contributed by atoms with van der Waals surface area (Å²) in [5.41, 5.74) is 5.37. The molecule has 1 aliphatic rings. The van der Waals surface area contributed by atoms with Crippen molar-refractivity contribution in [2.24, 2.45) is 0 Å².